The van der Waals surface area contributed by atoms with Gasteiger partial charge in [0.1, 0.15) is 0 Å². The van der Waals surface area contributed by atoms with E-state index >= 15 is 0 Å². The molecule has 0 heterocycles. The van der Waals surface area contributed by atoms with Gasteiger partial charge in [0.25, 0.3) is 0 Å². The van der Waals surface area contributed by atoms with Gasteiger partial charge in [-0.1, -0.05) is 513 Å². The van der Waals surface area contributed by atoms with Crippen LogP contribution in [0.15, 0.2) is 0 Å². The summed E-state index contributed by atoms with van der Waals surface area (Å²) in [4.78, 5) is 5.27. The summed E-state index contributed by atoms with van der Waals surface area (Å²) in [5, 5.41) is 0. The largest absolute Gasteiger partial charge is 3.00 e. The van der Waals surface area contributed by atoms with Crippen molar-refractivity contribution in [2.45, 2.75) is 465 Å². The predicted molar refractivity (Wildman–Crippen MR) is 396 cm³/mol. The molecule has 0 atom stereocenters. The van der Waals surface area contributed by atoms with Crippen molar-refractivity contribution in [2.75, 3.05) is 0 Å². The zero-order valence-electron chi connectivity index (χ0n) is 60.4. The molecule has 0 aromatic carbocycles. The topological polar surface area (TPSA) is 0 Å². The van der Waals surface area contributed by atoms with Crippen molar-refractivity contribution in [3.05, 3.63) is 9.58 Å². The number of hydrogen-bond acceptors (Lipinski definition) is 0. The zero-order chi connectivity index (χ0) is 60.3. The van der Waals surface area contributed by atoms with E-state index < -0.39 is 48.4 Å². The van der Waals surface area contributed by atoms with Gasteiger partial charge in [0.05, 0.1) is 0 Å². The molecule has 0 aliphatic carbocycles. The average molecular weight is 1400 g/mol. The van der Waals surface area contributed by atoms with Crippen LogP contribution in [0.5, 0.6) is 0 Å². The molecule has 81 heavy (non-hydrogen) atoms. The molecule has 0 saturated heterocycles. The Balaban J connectivity index is -0.00000148. The Labute approximate surface area is 554 Å². The second-order valence-electron chi connectivity index (χ2n) is 28.3. The second-order valence-corrected chi connectivity index (χ2v) is 58.7. The number of unbranched alkanes of at least 4 members (excludes halogenated alkanes) is 18. The third kappa shape index (κ3) is 32.4. The molecule has 0 fully saturated rings. The molecule has 0 saturated carbocycles. The minimum absolute atomic E-state index is 0. The summed E-state index contributed by atoms with van der Waals surface area (Å²) in [6.45, 7) is 45.1. The molecule has 0 spiro atoms. The van der Waals surface area contributed by atoms with Gasteiger partial charge in [-0.15, -0.1) is 0 Å². The number of rotatable bonds is 60. The Morgan fingerprint density at radius 2 is 0.198 bits per heavy atom. The smallest absolute Gasteiger partial charge is 0.309 e. The Morgan fingerprint density at radius 3 is 0.247 bits per heavy atom. The molecule has 0 aliphatic rings. The van der Waals surface area contributed by atoms with Crippen molar-refractivity contribution < 1.29 is 36.9 Å². The van der Waals surface area contributed by atoms with Crippen molar-refractivity contribution in [1.29, 1.82) is 0 Å². The van der Waals surface area contributed by atoms with Crippen LogP contribution in [0.3, 0.4) is 0 Å². The van der Waals surface area contributed by atoms with E-state index in [-0.39, 0.29) is 36.9 Å². The molecule has 0 aromatic rings. The molecular formula is C74H162LuSi6+. The van der Waals surface area contributed by atoms with Crippen molar-refractivity contribution in [2.24, 2.45) is 0 Å². The molecule has 0 bridgehead atoms. The Hall–Kier alpha value is 2.54. The summed E-state index contributed by atoms with van der Waals surface area (Å²) in [7, 11) is -9.11. The molecule has 0 aliphatic heterocycles. The molecule has 0 radical (unpaired) electrons. The summed E-state index contributed by atoms with van der Waals surface area (Å²) < 4.78 is 0. The average Bonchev–Trinajstić information content (AvgIpc) is 3.48. The maximum absolute atomic E-state index is 2.63. The molecule has 0 rings (SSSR count). The van der Waals surface area contributed by atoms with Crippen LogP contribution in [-0.2, 0) is 0 Å². The summed E-state index contributed by atoms with van der Waals surface area (Å²) in [5.41, 5.74) is 0. The van der Waals surface area contributed by atoms with E-state index in [0.29, 0.717) is 0 Å². The van der Waals surface area contributed by atoms with Gasteiger partial charge >= 0.3 is 36.9 Å². The van der Waals surface area contributed by atoms with E-state index in [1.165, 1.54) is 231 Å². The predicted octanol–water partition coefficient (Wildman–Crippen LogP) is 29.5. The van der Waals surface area contributed by atoms with Crippen LogP contribution in [0.25, 0.3) is 0 Å². The van der Waals surface area contributed by atoms with Crippen molar-refractivity contribution in [3.8, 4) is 0 Å². The normalized spacial score (nSPS) is 12.9. The van der Waals surface area contributed by atoms with Gasteiger partial charge in [-0.3, -0.25) is 0 Å². The van der Waals surface area contributed by atoms with E-state index in [9.17, 15) is 0 Å². The van der Waals surface area contributed by atoms with Crippen LogP contribution < -0.4 is 0 Å². The van der Waals surface area contributed by atoms with Gasteiger partial charge in [-0.05, 0) is 0 Å². The Kier molecular flexibility index (Phi) is 61.2. The van der Waals surface area contributed by atoms with E-state index in [1.807, 2.05) is 0 Å². The monoisotopic (exact) mass is 1390 g/mol. The fraction of sp³-hybridized carbons (Fsp3) is 0.973. The van der Waals surface area contributed by atoms with Crippen LogP contribution in [0.1, 0.15) is 356 Å². The first-order chi connectivity index (χ1) is 38.8. The first kappa shape index (κ1) is 87.7. The molecule has 7 heteroatoms. The molecular weight excluding hydrogens is 1230 g/mol. The van der Waals surface area contributed by atoms with Crippen LogP contribution in [0.4, 0.5) is 0 Å². The Bertz CT molecular complexity index is 912. The van der Waals surface area contributed by atoms with Crippen molar-refractivity contribution >= 4 is 48.4 Å². The first-order valence-electron chi connectivity index (χ1n) is 38.6. The second kappa shape index (κ2) is 56.5. The van der Waals surface area contributed by atoms with E-state index in [4.69, 9.17) is 0 Å². The van der Waals surface area contributed by atoms with E-state index in [0.717, 1.165) is 0 Å². The van der Waals surface area contributed by atoms with Crippen molar-refractivity contribution in [1.82, 2.24) is 0 Å². The van der Waals surface area contributed by atoms with Gasteiger partial charge in [0.2, 0.25) is 0 Å². The summed E-state index contributed by atoms with van der Waals surface area (Å²) in [5.74, 6) is 0. The Morgan fingerprint density at radius 1 is 0.136 bits per heavy atom. The molecule has 0 nitrogen and oxygen atoms in total. The fourth-order valence-corrected chi connectivity index (χ4v) is 85.2. The van der Waals surface area contributed by atoms with Crippen LogP contribution in [-0.4, -0.2) is 48.4 Å². The summed E-state index contributed by atoms with van der Waals surface area (Å²) in [6.07, 6.45) is 53.1. The minimum atomic E-state index is -1.52. The molecule has 496 valence electrons. The fourth-order valence-electron chi connectivity index (χ4n) is 17.1. The molecule has 0 unspecified atom stereocenters. The summed E-state index contributed by atoms with van der Waals surface area (Å²) in [6, 6.07) is 30.2. The molecule has 0 N–H and O–H groups in total. The van der Waals surface area contributed by atoms with E-state index in [1.54, 1.807) is 109 Å². The maximum Gasteiger partial charge on any atom is 3.00 e. The van der Waals surface area contributed by atoms with Crippen LogP contribution >= 0.6 is 0 Å². The van der Waals surface area contributed by atoms with Gasteiger partial charge in [0, 0.05) is 0 Å². The van der Waals surface area contributed by atoms with Gasteiger partial charge in [-0.25, -0.2) is 0 Å². The molecule has 0 amide bonds. The maximum atomic E-state index is 2.63. The quantitative estimate of drug-likeness (QED) is 0.0421. The number of hydrogen-bond donors (Lipinski definition) is 0. The minimum Gasteiger partial charge on any atom is -0.309 e. The van der Waals surface area contributed by atoms with Gasteiger partial charge in [0.15, 0.2) is 0 Å². The summed E-state index contributed by atoms with van der Waals surface area (Å²) >= 11 is 0. The first-order valence-corrected chi connectivity index (χ1v) is 54.3. The van der Waals surface area contributed by atoms with Crippen molar-refractivity contribution in [3.63, 3.8) is 0 Å². The third-order valence-electron chi connectivity index (χ3n) is 21.3. The van der Waals surface area contributed by atoms with Crippen LogP contribution in [0.2, 0.25) is 109 Å². The third-order valence-corrected chi connectivity index (χ3v) is 70.4. The molecule has 0 aromatic heterocycles. The SMILES string of the molecule is CCCC[Si](CCCC)(CCCC)[C-]([Si](CCCC)(CCCC)CCCC)[Si](CCCC)(CCCC)CCCC.CCCC[Si](CCCC)(CCCC)[C-]([Si](CCCC)(CCCC)CCCC)[Si](CCCC)(CCCC)CCCC.[Lu+3]. The standard InChI is InChI=1S/2C37H81Si3.Lu/c2*1-10-19-28-38(29-20-11-2,30-21-12-3)37(39(31-22-13-4,32-23-14-5)33-24-15-6)40(34-25-16-7,35-26-17-8)36-27-18-9;/h2*10-36H2,1-9H3;/q2*-1;+3. The van der Waals surface area contributed by atoms with Gasteiger partial charge < -0.3 is 9.58 Å². The van der Waals surface area contributed by atoms with E-state index in [2.05, 4.69) is 134 Å². The van der Waals surface area contributed by atoms with Gasteiger partial charge in [-0.2, -0.15) is 0 Å². The zero-order valence-corrected chi connectivity index (χ0v) is 68.1. The van der Waals surface area contributed by atoms with Crippen LogP contribution in [0, 0.1) is 46.5 Å².